The normalized spacial score (nSPS) is 33.1. The molecule has 0 saturated carbocycles. The first kappa shape index (κ1) is 18.4. The molecule has 2 amide bonds. The number of likely N-dealkylation sites (N-methyl/N-ethyl adjacent to an activating group) is 1. The monoisotopic (exact) mass is 330 g/mol. The van der Waals surface area contributed by atoms with Crippen LogP contribution in [0.15, 0.2) is 0 Å². The fraction of sp³-hybridized carbons (Fsp3) is 0.933. The number of aliphatic hydroxyl groups excluding tert-OH is 2. The lowest BCUT2D eigenvalue weighted by molar-refractivity contribution is -0.0206. The van der Waals surface area contributed by atoms with Crippen molar-refractivity contribution < 1.29 is 19.7 Å². The molecule has 8 nitrogen and oxygen atoms in total. The van der Waals surface area contributed by atoms with Crippen molar-refractivity contribution in [3.05, 3.63) is 0 Å². The Bertz CT molecular complexity index is 388. The van der Waals surface area contributed by atoms with E-state index in [9.17, 15) is 15.0 Å². The van der Waals surface area contributed by atoms with Crippen LogP contribution in [0.25, 0.3) is 0 Å². The summed E-state index contributed by atoms with van der Waals surface area (Å²) in [6, 6.07) is -0.397. The molecule has 0 aromatic heterocycles. The van der Waals surface area contributed by atoms with Crippen LogP contribution < -0.4 is 10.6 Å². The Balaban J connectivity index is 1.96. The molecule has 2 rings (SSSR count). The maximum Gasteiger partial charge on any atom is 0.315 e. The maximum absolute atomic E-state index is 11.8. The number of hydrogen-bond acceptors (Lipinski definition) is 6. The Kier molecular flexibility index (Phi) is 6.60. The molecule has 2 aliphatic rings. The van der Waals surface area contributed by atoms with Crippen molar-refractivity contribution in [3.63, 3.8) is 0 Å². The number of aliphatic hydroxyl groups is 2. The first-order valence-corrected chi connectivity index (χ1v) is 8.33. The van der Waals surface area contributed by atoms with Crippen LogP contribution in [0.3, 0.4) is 0 Å². The molecule has 2 fully saturated rings. The molecule has 2 heterocycles. The fourth-order valence-electron chi connectivity index (χ4n) is 3.22. The number of carbonyl (C=O) groups is 1. The van der Waals surface area contributed by atoms with Gasteiger partial charge < -0.3 is 30.5 Å². The third-order valence-electron chi connectivity index (χ3n) is 4.48. The van der Waals surface area contributed by atoms with Gasteiger partial charge in [-0.3, -0.25) is 4.90 Å². The molecular weight excluding hydrogens is 300 g/mol. The topological polar surface area (TPSA) is 97.3 Å². The van der Waals surface area contributed by atoms with Crippen LogP contribution in [-0.2, 0) is 4.74 Å². The van der Waals surface area contributed by atoms with Gasteiger partial charge >= 0.3 is 6.03 Å². The predicted octanol–water partition coefficient (Wildman–Crippen LogP) is -1.57. The highest BCUT2D eigenvalue weighted by atomic mass is 16.5. The second-order valence-corrected chi connectivity index (χ2v) is 6.73. The molecule has 0 radical (unpaired) electrons. The summed E-state index contributed by atoms with van der Waals surface area (Å²) in [6.07, 6.45) is -1.67. The molecule has 4 atom stereocenters. The third-order valence-corrected chi connectivity index (χ3v) is 4.48. The smallest absolute Gasteiger partial charge is 0.315 e. The van der Waals surface area contributed by atoms with Gasteiger partial charge in [0.25, 0.3) is 0 Å². The third kappa shape index (κ3) is 4.77. The van der Waals surface area contributed by atoms with Crippen molar-refractivity contribution in [1.29, 1.82) is 0 Å². The van der Waals surface area contributed by atoms with Crippen LogP contribution in [-0.4, -0.2) is 103 Å². The van der Waals surface area contributed by atoms with Gasteiger partial charge in [0.15, 0.2) is 0 Å². The number of urea groups is 1. The van der Waals surface area contributed by atoms with E-state index in [-0.39, 0.29) is 30.8 Å². The van der Waals surface area contributed by atoms with E-state index in [2.05, 4.69) is 27.5 Å². The van der Waals surface area contributed by atoms with Crippen LogP contribution in [0.2, 0.25) is 0 Å². The van der Waals surface area contributed by atoms with Crippen molar-refractivity contribution >= 4 is 6.03 Å². The predicted molar refractivity (Wildman–Crippen MR) is 86.3 cm³/mol. The number of nitrogens with zero attached hydrogens (tertiary/aromatic N) is 2. The fourth-order valence-corrected chi connectivity index (χ4v) is 3.22. The number of ether oxygens (including phenoxy) is 1. The summed E-state index contributed by atoms with van der Waals surface area (Å²) in [7, 11) is 2.07. The first-order valence-electron chi connectivity index (χ1n) is 8.33. The van der Waals surface area contributed by atoms with Gasteiger partial charge in [0.2, 0.25) is 0 Å². The van der Waals surface area contributed by atoms with Crippen molar-refractivity contribution in [2.75, 3.05) is 46.4 Å². The Hall–Kier alpha value is -0.930. The molecule has 134 valence electrons. The number of piperazine rings is 1. The zero-order valence-corrected chi connectivity index (χ0v) is 14.2. The second kappa shape index (κ2) is 8.25. The minimum absolute atomic E-state index is 0.0590. The maximum atomic E-state index is 11.8. The lowest BCUT2D eigenvalue weighted by Crippen LogP contribution is -2.57. The highest BCUT2D eigenvalue weighted by Crippen LogP contribution is 2.26. The molecule has 0 spiro atoms. The molecule has 23 heavy (non-hydrogen) atoms. The molecule has 4 N–H and O–H groups in total. The molecular formula is C15H30N4O4. The van der Waals surface area contributed by atoms with Gasteiger partial charge in [0.05, 0.1) is 18.8 Å². The molecule has 2 saturated heterocycles. The molecule has 0 bridgehead atoms. The van der Waals surface area contributed by atoms with Gasteiger partial charge in [-0.1, -0.05) is 0 Å². The largest absolute Gasteiger partial charge is 0.394 e. The summed E-state index contributed by atoms with van der Waals surface area (Å²) >= 11 is 0. The van der Waals surface area contributed by atoms with E-state index in [0.29, 0.717) is 6.54 Å². The summed E-state index contributed by atoms with van der Waals surface area (Å²) in [5, 5.41) is 25.4. The van der Waals surface area contributed by atoms with Crippen LogP contribution in [0.1, 0.15) is 13.8 Å². The van der Waals surface area contributed by atoms with Gasteiger partial charge in [-0.2, -0.15) is 0 Å². The standard InChI is InChI=1S/C15H30N4O4/c1-10(2)17-15(22)16-8-11-13(14(21)12(9-20)23-11)19-6-4-18(3)5-7-19/h10-14,20-21H,4-9H2,1-3H3,(H2,16,17,22)/t11-,12+,13+,14-/m1/s1. The molecule has 2 aliphatic heterocycles. The molecule has 8 heteroatoms. The zero-order chi connectivity index (χ0) is 17.0. The van der Waals surface area contributed by atoms with E-state index in [1.807, 2.05) is 13.8 Å². The molecule has 0 aromatic rings. The highest BCUT2D eigenvalue weighted by Gasteiger charge is 2.46. The zero-order valence-electron chi connectivity index (χ0n) is 14.2. The number of carbonyl (C=O) groups excluding carboxylic acids is 1. The minimum Gasteiger partial charge on any atom is -0.394 e. The highest BCUT2D eigenvalue weighted by molar-refractivity contribution is 5.74. The van der Waals surface area contributed by atoms with E-state index >= 15 is 0 Å². The van der Waals surface area contributed by atoms with Crippen LogP contribution >= 0.6 is 0 Å². The quantitative estimate of drug-likeness (QED) is 0.486. The van der Waals surface area contributed by atoms with E-state index in [1.165, 1.54) is 0 Å². The van der Waals surface area contributed by atoms with Crippen molar-refractivity contribution in [2.24, 2.45) is 0 Å². The van der Waals surface area contributed by atoms with Crippen molar-refractivity contribution in [2.45, 2.75) is 44.2 Å². The Morgan fingerprint density at radius 2 is 1.91 bits per heavy atom. The molecule has 0 unspecified atom stereocenters. The molecule has 0 aromatic carbocycles. The van der Waals surface area contributed by atoms with Crippen LogP contribution in [0, 0.1) is 0 Å². The van der Waals surface area contributed by atoms with Crippen molar-refractivity contribution in [1.82, 2.24) is 20.4 Å². The lowest BCUT2D eigenvalue weighted by Gasteiger charge is -2.39. The SMILES string of the molecule is CC(C)NC(=O)NC[C@H]1O[C@@H](CO)[C@@H](O)[C@H]1N1CCN(C)CC1. The van der Waals surface area contributed by atoms with E-state index in [0.717, 1.165) is 26.2 Å². The van der Waals surface area contributed by atoms with Gasteiger partial charge in [0.1, 0.15) is 12.2 Å². The van der Waals surface area contributed by atoms with Crippen LogP contribution in [0.5, 0.6) is 0 Å². The summed E-state index contributed by atoms with van der Waals surface area (Å²) in [6.45, 7) is 7.42. The summed E-state index contributed by atoms with van der Waals surface area (Å²) in [4.78, 5) is 16.2. The summed E-state index contributed by atoms with van der Waals surface area (Å²) < 4.78 is 5.77. The number of hydrogen-bond donors (Lipinski definition) is 4. The first-order chi connectivity index (χ1) is 10.9. The van der Waals surface area contributed by atoms with Crippen LogP contribution in [0.4, 0.5) is 4.79 Å². The second-order valence-electron chi connectivity index (χ2n) is 6.73. The Morgan fingerprint density at radius 1 is 1.26 bits per heavy atom. The van der Waals surface area contributed by atoms with Crippen molar-refractivity contribution in [3.8, 4) is 0 Å². The molecule has 0 aliphatic carbocycles. The summed E-state index contributed by atoms with van der Waals surface area (Å²) in [5.74, 6) is 0. The van der Waals surface area contributed by atoms with Gasteiger partial charge in [-0.15, -0.1) is 0 Å². The lowest BCUT2D eigenvalue weighted by atomic mass is 10.0. The van der Waals surface area contributed by atoms with E-state index in [1.54, 1.807) is 0 Å². The van der Waals surface area contributed by atoms with Gasteiger partial charge in [0, 0.05) is 38.8 Å². The average molecular weight is 330 g/mol. The number of rotatable bonds is 5. The number of nitrogens with one attached hydrogen (secondary N) is 2. The minimum atomic E-state index is -0.747. The van der Waals surface area contributed by atoms with Gasteiger partial charge in [-0.05, 0) is 20.9 Å². The van der Waals surface area contributed by atoms with Gasteiger partial charge in [-0.25, -0.2) is 4.79 Å². The summed E-state index contributed by atoms with van der Waals surface area (Å²) in [5.41, 5.74) is 0. The Labute approximate surface area is 137 Å². The average Bonchev–Trinajstić information content (AvgIpc) is 2.81. The number of amides is 2. The van der Waals surface area contributed by atoms with E-state index < -0.39 is 12.2 Å². The Morgan fingerprint density at radius 3 is 2.48 bits per heavy atom. The van der Waals surface area contributed by atoms with E-state index in [4.69, 9.17) is 4.74 Å².